The van der Waals surface area contributed by atoms with Crippen LogP contribution >= 0.6 is 0 Å². The van der Waals surface area contributed by atoms with Gasteiger partial charge in [-0.25, -0.2) is 0 Å². The van der Waals surface area contributed by atoms with E-state index in [0.29, 0.717) is 6.04 Å². The minimum Gasteiger partial charge on any atom is -0.394 e. The van der Waals surface area contributed by atoms with Crippen molar-refractivity contribution < 1.29 is 5.11 Å². The number of hydrogen-bond acceptors (Lipinski definition) is 3. The fourth-order valence-electron chi connectivity index (χ4n) is 3.02. The number of aliphatic hydroxyl groups is 1. The molecule has 1 rings (SSSR count). The fraction of sp³-hybridized carbons (Fsp3) is 1.00. The molecular formula is C15H32N2O. The van der Waals surface area contributed by atoms with Crippen LogP contribution in [-0.4, -0.2) is 41.3 Å². The lowest BCUT2D eigenvalue weighted by molar-refractivity contribution is 0.0791. The molecule has 0 bridgehead atoms. The van der Waals surface area contributed by atoms with Crippen molar-refractivity contribution in [3.63, 3.8) is 0 Å². The second kappa shape index (κ2) is 8.13. The average molecular weight is 256 g/mol. The van der Waals surface area contributed by atoms with Crippen LogP contribution in [0, 0.1) is 0 Å². The molecule has 3 nitrogen and oxygen atoms in total. The summed E-state index contributed by atoms with van der Waals surface area (Å²) in [4.78, 5) is 2.63. The maximum atomic E-state index is 9.46. The molecule has 0 aromatic carbocycles. The Morgan fingerprint density at radius 1 is 1.22 bits per heavy atom. The second-order valence-corrected chi connectivity index (χ2v) is 6.01. The van der Waals surface area contributed by atoms with Crippen LogP contribution in [0.3, 0.4) is 0 Å². The maximum Gasteiger partial charge on any atom is 0.0611 e. The summed E-state index contributed by atoms with van der Waals surface area (Å²) >= 11 is 0. The van der Waals surface area contributed by atoms with Gasteiger partial charge >= 0.3 is 0 Å². The number of nitrogens with zero attached hydrogens (tertiary/aromatic N) is 1. The third-order valence-electron chi connectivity index (χ3n) is 4.28. The largest absolute Gasteiger partial charge is 0.394 e. The van der Waals surface area contributed by atoms with Crippen LogP contribution in [0.2, 0.25) is 0 Å². The number of rotatable bonds is 8. The van der Waals surface area contributed by atoms with Crippen molar-refractivity contribution in [2.75, 3.05) is 19.7 Å². The summed E-state index contributed by atoms with van der Waals surface area (Å²) in [6.07, 6.45) is 9.43. The average Bonchev–Trinajstić information content (AvgIpc) is 2.39. The van der Waals surface area contributed by atoms with E-state index in [-0.39, 0.29) is 12.1 Å². The molecular weight excluding hydrogens is 224 g/mol. The fourth-order valence-corrected chi connectivity index (χ4v) is 3.02. The van der Waals surface area contributed by atoms with Crippen LogP contribution in [-0.2, 0) is 0 Å². The molecule has 0 amide bonds. The van der Waals surface area contributed by atoms with Gasteiger partial charge in [0.1, 0.15) is 0 Å². The topological polar surface area (TPSA) is 49.5 Å². The van der Waals surface area contributed by atoms with E-state index in [9.17, 15) is 5.11 Å². The first-order valence-corrected chi connectivity index (χ1v) is 7.79. The number of hydrogen-bond donors (Lipinski definition) is 2. The number of nitrogens with two attached hydrogens (primary N) is 1. The quantitative estimate of drug-likeness (QED) is 0.701. The van der Waals surface area contributed by atoms with Crippen molar-refractivity contribution in [2.24, 2.45) is 5.73 Å². The highest BCUT2D eigenvalue weighted by Crippen LogP contribution is 2.29. The van der Waals surface area contributed by atoms with E-state index in [1.165, 1.54) is 45.2 Å². The molecule has 2 unspecified atom stereocenters. The summed E-state index contributed by atoms with van der Waals surface area (Å²) < 4.78 is 0. The first-order valence-electron chi connectivity index (χ1n) is 7.79. The van der Waals surface area contributed by atoms with E-state index < -0.39 is 0 Å². The second-order valence-electron chi connectivity index (χ2n) is 6.01. The molecule has 0 spiro atoms. The number of aliphatic hydroxyl groups excluding tert-OH is 1. The molecule has 3 N–H and O–H groups in total. The summed E-state index contributed by atoms with van der Waals surface area (Å²) in [7, 11) is 0. The van der Waals surface area contributed by atoms with E-state index in [1.807, 2.05) is 0 Å². The highest BCUT2D eigenvalue weighted by atomic mass is 16.3. The van der Waals surface area contributed by atoms with Gasteiger partial charge < -0.3 is 15.7 Å². The van der Waals surface area contributed by atoms with Gasteiger partial charge in [0.2, 0.25) is 0 Å². The SMILES string of the molecule is CCCCN(CCCC)C1CCCC(N)(CO)C1. The van der Waals surface area contributed by atoms with Crippen LogP contribution in [0.5, 0.6) is 0 Å². The van der Waals surface area contributed by atoms with Gasteiger partial charge in [-0.1, -0.05) is 26.7 Å². The smallest absolute Gasteiger partial charge is 0.0611 e. The summed E-state index contributed by atoms with van der Waals surface area (Å²) in [5, 5.41) is 9.46. The van der Waals surface area contributed by atoms with Gasteiger partial charge in [-0.3, -0.25) is 0 Å². The Morgan fingerprint density at radius 2 is 1.83 bits per heavy atom. The molecule has 0 aromatic rings. The van der Waals surface area contributed by atoms with Crippen LogP contribution in [0.1, 0.15) is 65.2 Å². The predicted molar refractivity (Wildman–Crippen MR) is 77.6 cm³/mol. The van der Waals surface area contributed by atoms with Gasteiger partial charge in [-0.05, 0) is 51.6 Å². The van der Waals surface area contributed by atoms with Crippen molar-refractivity contribution in [1.82, 2.24) is 4.90 Å². The van der Waals surface area contributed by atoms with Gasteiger partial charge in [-0.15, -0.1) is 0 Å². The third kappa shape index (κ3) is 4.87. The lowest BCUT2D eigenvalue weighted by atomic mass is 9.79. The molecule has 2 atom stereocenters. The molecule has 0 aromatic heterocycles. The Labute approximate surface area is 113 Å². The Balaban J connectivity index is 2.53. The van der Waals surface area contributed by atoms with Crippen molar-refractivity contribution in [1.29, 1.82) is 0 Å². The van der Waals surface area contributed by atoms with E-state index in [0.717, 1.165) is 19.3 Å². The molecule has 18 heavy (non-hydrogen) atoms. The van der Waals surface area contributed by atoms with Crippen molar-refractivity contribution in [2.45, 2.75) is 76.8 Å². The summed E-state index contributed by atoms with van der Waals surface area (Å²) in [6, 6.07) is 0.592. The maximum absolute atomic E-state index is 9.46. The zero-order valence-electron chi connectivity index (χ0n) is 12.3. The molecule has 1 aliphatic carbocycles. The minimum atomic E-state index is -0.320. The normalized spacial score (nSPS) is 28.8. The Hall–Kier alpha value is -0.120. The molecule has 0 aliphatic heterocycles. The summed E-state index contributed by atoms with van der Waals surface area (Å²) in [5.74, 6) is 0. The lowest BCUT2D eigenvalue weighted by Crippen LogP contribution is -2.53. The molecule has 1 saturated carbocycles. The predicted octanol–water partition coefficient (Wildman–Crippen LogP) is 2.52. The molecule has 1 aliphatic rings. The van der Waals surface area contributed by atoms with Crippen molar-refractivity contribution in [3.8, 4) is 0 Å². The van der Waals surface area contributed by atoms with Crippen LogP contribution in [0.15, 0.2) is 0 Å². The van der Waals surface area contributed by atoms with E-state index >= 15 is 0 Å². The highest BCUT2D eigenvalue weighted by molar-refractivity contribution is 4.93. The van der Waals surface area contributed by atoms with Crippen molar-refractivity contribution in [3.05, 3.63) is 0 Å². The first kappa shape index (κ1) is 15.9. The molecule has 0 saturated heterocycles. The van der Waals surface area contributed by atoms with Gasteiger partial charge in [0.15, 0.2) is 0 Å². The van der Waals surface area contributed by atoms with Gasteiger partial charge in [0.25, 0.3) is 0 Å². The van der Waals surface area contributed by atoms with Gasteiger partial charge in [0, 0.05) is 11.6 Å². The summed E-state index contributed by atoms with van der Waals surface area (Å²) in [5.41, 5.74) is 5.95. The molecule has 1 fully saturated rings. The molecule has 108 valence electrons. The Bertz CT molecular complexity index is 215. The van der Waals surface area contributed by atoms with Crippen LogP contribution in [0.4, 0.5) is 0 Å². The van der Waals surface area contributed by atoms with Crippen molar-refractivity contribution >= 4 is 0 Å². The van der Waals surface area contributed by atoms with Crippen LogP contribution in [0.25, 0.3) is 0 Å². The molecule has 3 heteroatoms. The van der Waals surface area contributed by atoms with Crippen LogP contribution < -0.4 is 5.73 Å². The van der Waals surface area contributed by atoms with Gasteiger partial charge in [0.05, 0.1) is 6.61 Å². The van der Waals surface area contributed by atoms with E-state index in [4.69, 9.17) is 5.73 Å². The first-order chi connectivity index (χ1) is 8.65. The molecule has 0 heterocycles. The third-order valence-corrected chi connectivity index (χ3v) is 4.28. The van der Waals surface area contributed by atoms with Gasteiger partial charge in [-0.2, -0.15) is 0 Å². The number of unbranched alkanes of at least 4 members (excludes halogenated alkanes) is 2. The van der Waals surface area contributed by atoms with E-state index in [2.05, 4.69) is 18.7 Å². The summed E-state index contributed by atoms with van der Waals surface area (Å²) in [6.45, 7) is 7.03. The highest BCUT2D eigenvalue weighted by Gasteiger charge is 2.34. The Morgan fingerprint density at radius 3 is 2.33 bits per heavy atom. The standard InChI is InChI=1S/C15H32N2O/c1-3-5-10-17(11-6-4-2)14-8-7-9-15(16,12-14)13-18/h14,18H,3-13,16H2,1-2H3. The molecule has 0 radical (unpaired) electrons. The zero-order chi connectivity index (χ0) is 13.4. The van der Waals surface area contributed by atoms with E-state index in [1.54, 1.807) is 0 Å². The minimum absolute atomic E-state index is 0.138. The monoisotopic (exact) mass is 256 g/mol. The zero-order valence-corrected chi connectivity index (χ0v) is 12.3. The Kier molecular flexibility index (Phi) is 7.20. The lowest BCUT2D eigenvalue weighted by Gasteiger charge is -2.42.